The Balaban J connectivity index is 1.83. The Morgan fingerprint density at radius 2 is 2.10 bits per heavy atom. The number of esters is 1. The summed E-state index contributed by atoms with van der Waals surface area (Å²) >= 11 is 0. The molecular weight excluding hydrogens is 276 g/mol. The van der Waals surface area contributed by atoms with Crippen LogP contribution in [0.25, 0.3) is 0 Å². The lowest BCUT2D eigenvalue weighted by molar-refractivity contribution is -0.389. The van der Waals surface area contributed by atoms with E-state index in [0.717, 1.165) is 31.9 Å². The highest BCUT2D eigenvalue weighted by Crippen LogP contribution is 2.18. The van der Waals surface area contributed by atoms with Gasteiger partial charge in [0, 0.05) is 38.8 Å². The maximum absolute atomic E-state index is 11.1. The predicted molar refractivity (Wildman–Crippen MR) is 76.2 cm³/mol. The van der Waals surface area contributed by atoms with E-state index < -0.39 is 4.92 Å². The number of piperazine rings is 1. The molecule has 8 heteroatoms. The lowest BCUT2D eigenvalue weighted by atomic mass is 10.2. The maximum Gasteiger partial charge on any atom is 0.363 e. The third-order valence-corrected chi connectivity index (χ3v) is 3.52. The van der Waals surface area contributed by atoms with Gasteiger partial charge >= 0.3 is 11.8 Å². The van der Waals surface area contributed by atoms with E-state index in [2.05, 4.69) is 19.5 Å². The Kier molecular flexibility index (Phi) is 5.04. The van der Waals surface area contributed by atoms with Crippen molar-refractivity contribution in [3.05, 3.63) is 28.4 Å². The number of carbonyl (C=O) groups is 1. The van der Waals surface area contributed by atoms with Gasteiger partial charge in [-0.2, -0.15) is 0 Å². The fourth-order valence-electron chi connectivity index (χ4n) is 2.25. The van der Waals surface area contributed by atoms with Crippen LogP contribution in [0.3, 0.4) is 0 Å². The summed E-state index contributed by atoms with van der Waals surface area (Å²) in [6.45, 7) is 3.99. The summed E-state index contributed by atoms with van der Waals surface area (Å²) in [6, 6.07) is 3.13. The molecule has 8 nitrogen and oxygen atoms in total. The molecule has 0 atom stereocenters. The molecule has 2 heterocycles. The summed E-state index contributed by atoms with van der Waals surface area (Å²) in [7, 11) is 1.39. The molecule has 0 unspecified atom stereocenters. The monoisotopic (exact) mass is 294 g/mol. The van der Waals surface area contributed by atoms with Crippen LogP contribution in [-0.2, 0) is 9.53 Å². The van der Waals surface area contributed by atoms with Crippen LogP contribution in [0.4, 0.5) is 11.5 Å². The highest BCUT2D eigenvalue weighted by atomic mass is 16.6. The van der Waals surface area contributed by atoms with Crippen molar-refractivity contribution in [2.75, 3.05) is 44.7 Å². The standard InChI is InChI=1S/C13H18N4O4/c1-21-13(18)4-5-15-6-8-16(9-7-15)11-2-3-12(14-10-11)17(19)20/h2-3,10H,4-9H2,1H3. The first-order valence-corrected chi connectivity index (χ1v) is 6.74. The van der Waals surface area contributed by atoms with Crippen LogP contribution in [0.1, 0.15) is 6.42 Å². The van der Waals surface area contributed by atoms with Crippen LogP contribution in [0.5, 0.6) is 0 Å². The number of carbonyl (C=O) groups excluding carboxylic acids is 1. The second kappa shape index (κ2) is 6.98. The smallest absolute Gasteiger partial charge is 0.363 e. The molecule has 0 N–H and O–H groups in total. The molecule has 1 aromatic rings. The molecule has 0 aliphatic carbocycles. The van der Waals surface area contributed by atoms with E-state index in [9.17, 15) is 14.9 Å². The number of pyridine rings is 1. The Bertz CT molecular complexity index is 497. The molecule has 1 aromatic heterocycles. The minimum atomic E-state index is -0.505. The second-order valence-electron chi connectivity index (χ2n) is 4.79. The zero-order chi connectivity index (χ0) is 15.2. The van der Waals surface area contributed by atoms with Crippen molar-refractivity contribution in [2.45, 2.75) is 6.42 Å². The summed E-state index contributed by atoms with van der Waals surface area (Å²) in [5, 5.41) is 10.6. The second-order valence-corrected chi connectivity index (χ2v) is 4.79. The number of hydrogen-bond acceptors (Lipinski definition) is 7. The van der Waals surface area contributed by atoms with Crippen molar-refractivity contribution >= 4 is 17.5 Å². The lowest BCUT2D eigenvalue weighted by Gasteiger charge is -2.35. The minimum Gasteiger partial charge on any atom is -0.469 e. The molecule has 0 spiro atoms. The fourth-order valence-corrected chi connectivity index (χ4v) is 2.25. The van der Waals surface area contributed by atoms with E-state index in [1.807, 2.05) is 0 Å². The van der Waals surface area contributed by atoms with Crippen LogP contribution in [0.2, 0.25) is 0 Å². The lowest BCUT2D eigenvalue weighted by Crippen LogP contribution is -2.47. The third-order valence-electron chi connectivity index (χ3n) is 3.52. The summed E-state index contributed by atoms with van der Waals surface area (Å²) in [6.07, 6.45) is 1.93. The van der Waals surface area contributed by atoms with Gasteiger partial charge < -0.3 is 19.8 Å². The first-order chi connectivity index (χ1) is 10.1. The number of anilines is 1. The molecule has 1 saturated heterocycles. The zero-order valence-corrected chi connectivity index (χ0v) is 11.9. The maximum atomic E-state index is 11.1. The molecule has 0 saturated carbocycles. The molecule has 0 aromatic carbocycles. The van der Waals surface area contributed by atoms with Crippen molar-refractivity contribution in [2.24, 2.45) is 0 Å². The average molecular weight is 294 g/mol. The van der Waals surface area contributed by atoms with E-state index in [-0.39, 0.29) is 11.8 Å². The van der Waals surface area contributed by atoms with E-state index >= 15 is 0 Å². The van der Waals surface area contributed by atoms with Gasteiger partial charge in [0.1, 0.15) is 0 Å². The normalized spacial score (nSPS) is 15.8. The first kappa shape index (κ1) is 15.2. The van der Waals surface area contributed by atoms with Crippen molar-refractivity contribution in [3.63, 3.8) is 0 Å². The Morgan fingerprint density at radius 1 is 1.38 bits per heavy atom. The van der Waals surface area contributed by atoms with Gasteiger partial charge in [-0.3, -0.25) is 9.69 Å². The van der Waals surface area contributed by atoms with Gasteiger partial charge in [0.25, 0.3) is 0 Å². The van der Waals surface area contributed by atoms with E-state index in [1.165, 1.54) is 19.4 Å². The molecule has 1 fully saturated rings. The van der Waals surface area contributed by atoms with Crippen molar-refractivity contribution in [3.8, 4) is 0 Å². The van der Waals surface area contributed by atoms with Crippen molar-refractivity contribution in [1.29, 1.82) is 0 Å². The van der Waals surface area contributed by atoms with Gasteiger partial charge in [0.2, 0.25) is 0 Å². The number of hydrogen-bond donors (Lipinski definition) is 0. The largest absolute Gasteiger partial charge is 0.469 e. The summed E-state index contributed by atoms with van der Waals surface area (Å²) < 4.78 is 4.62. The molecule has 2 rings (SSSR count). The Morgan fingerprint density at radius 3 is 2.62 bits per heavy atom. The highest BCUT2D eigenvalue weighted by molar-refractivity contribution is 5.69. The number of ether oxygens (including phenoxy) is 1. The van der Waals surface area contributed by atoms with E-state index in [0.29, 0.717) is 13.0 Å². The van der Waals surface area contributed by atoms with Crippen LogP contribution >= 0.6 is 0 Å². The number of rotatable bonds is 5. The van der Waals surface area contributed by atoms with Gasteiger partial charge in [-0.1, -0.05) is 0 Å². The molecule has 1 aliphatic rings. The average Bonchev–Trinajstić information content (AvgIpc) is 2.53. The zero-order valence-electron chi connectivity index (χ0n) is 11.9. The predicted octanol–water partition coefficient (Wildman–Crippen LogP) is 0.675. The summed E-state index contributed by atoms with van der Waals surface area (Å²) in [5.41, 5.74) is 0.883. The van der Waals surface area contributed by atoms with Gasteiger partial charge in [0.15, 0.2) is 6.20 Å². The van der Waals surface area contributed by atoms with Gasteiger partial charge in [-0.05, 0) is 16.0 Å². The van der Waals surface area contributed by atoms with Crippen molar-refractivity contribution in [1.82, 2.24) is 9.88 Å². The molecule has 21 heavy (non-hydrogen) atoms. The van der Waals surface area contributed by atoms with Crippen LogP contribution in [0.15, 0.2) is 18.3 Å². The van der Waals surface area contributed by atoms with Crippen molar-refractivity contribution < 1.29 is 14.5 Å². The molecule has 1 aliphatic heterocycles. The fraction of sp³-hybridized carbons (Fsp3) is 0.538. The number of nitrogens with zero attached hydrogens (tertiary/aromatic N) is 4. The highest BCUT2D eigenvalue weighted by Gasteiger charge is 2.19. The Labute approximate surface area is 122 Å². The van der Waals surface area contributed by atoms with E-state index in [4.69, 9.17) is 0 Å². The van der Waals surface area contributed by atoms with Gasteiger partial charge in [-0.25, -0.2) is 0 Å². The third kappa shape index (κ3) is 4.12. The molecule has 114 valence electrons. The number of aromatic nitrogens is 1. The van der Waals surface area contributed by atoms with Gasteiger partial charge in [-0.15, -0.1) is 0 Å². The van der Waals surface area contributed by atoms with Gasteiger partial charge in [0.05, 0.1) is 19.2 Å². The van der Waals surface area contributed by atoms with E-state index in [1.54, 1.807) is 6.07 Å². The topological polar surface area (TPSA) is 88.8 Å². The molecule has 0 radical (unpaired) electrons. The molecule has 0 amide bonds. The Hall–Kier alpha value is -2.22. The molecule has 0 bridgehead atoms. The quantitative estimate of drug-likeness (QED) is 0.448. The van der Waals surface area contributed by atoms with Crippen LogP contribution in [0, 0.1) is 10.1 Å². The number of nitro groups is 1. The minimum absolute atomic E-state index is 0.143. The first-order valence-electron chi connectivity index (χ1n) is 6.74. The SMILES string of the molecule is COC(=O)CCN1CCN(c2ccc([N+](=O)[O-])nc2)CC1. The summed E-state index contributed by atoms with van der Waals surface area (Å²) in [4.78, 5) is 29.3. The molecular formula is C13H18N4O4. The van der Waals surface area contributed by atoms with Crippen LogP contribution < -0.4 is 4.90 Å². The van der Waals surface area contributed by atoms with Crippen LogP contribution in [-0.4, -0.2) is 60.6 Å². The number of methoxy groups -OCH3 is 1. The summed E-state index contributed by atoms with van der Waals surface area (Å²) in [5.74, 6) is -0.340.